The molecule has 0 aliphatic carbocycles. The van der Waals surface area contributed by atoms with E-state index in [4.69, 9.17) is 0 Å². The third-order valence-corrected chi connectivity index (χ3v) is 3.70. The van der Waals surface area contributed by atoms with Crippen molar-refractivity contribution >= 4 is 11.3 Å². The molecule has 1 N–H and O–H groups in total. The highest BCUT2D eigenvalue weighted by Crippen LogP contribution is 2.37. The van der Waals surface area contributed by atoms with Crippen molar-refractivity contribution in [3.8, 4) is 10.6 Å². The Morgan fingerprint density at radius 2 is 1.85 bits per heavy atom. The van der Waals surface area contributed by atoms with Crippen LogP contribution in [0.1, 0.15) is 17.5 Å². The van der Waals surface area contributed by atoms with Gasteiger partial charge in [-0.15, -0.1) is 11.3 Å². The Hall–Kier alpha value is -1.47. The van der Waals surface area contributed by atoms with E-state index in [1.165, 1.54) is 24.3 Å². The van der Waals surface area contributed by atoms with E-state index in [1.54, 1.807) is 0 Å². The molecule has 1 aromatic carbocycles. The third kappa shape index (κ3) is 3.34. The van der Waals surface area contributed by atoms with Crippen molar-refractivity contribution < 1.29 is 17.6 Å². The molecule has 1 aromatic heterocycles. The molecule has 0 saturated heterocycles. The molecule has 7 heteroatoms. The zero-order valence-electron chi connectivity index (χ0n) is 10.6. The van der Waals surface area contributed by atoms with Gasteiger partial charge >= 0.3 is 6.18 Å². The molecule has 0 bridgehead atoms. The lowest BCUT2D eigenvalue weighted by Gasteiger charge is -2.05. The van der Waals surface area contributed by atoms with E-state index in [0.29, 0.717) is 12.1 Å². The second-order valence-corrected chi connectivity index (χ2v) is 5.16. The smallest absolute Gasteiger partial charge is 0.312 e. The second kappa shape index (κ2) is 5.88. The van der Waals surface area contributed by atoms with Crippen LogP contribution in [0.25, 0.3) is 10.6 Å². The molecule has 0 aliphatic heterocycles. The predicted octanol–water partition coefficient (Wildman–Crippen LogP) is 4.08. The average Bonchev–Trinajstić information content (AvgIpc) is 2.81. The van der Waals surface area contributed by atoms with E-state index in [9.17, 15) is 17.6 Å². The summed E-state index contributed by atoms with van der Waals surface area (Å²) in [6.07, 6.45) is -4.49. The number of aromatic nitrogens is 1. The van der Waals surface area contributed by atoms with Gasteiger partial charge in [0.1, 0.15) is 10.8 Å². The van der Waals surface area contributed by atoms with E-state index < -0.39 is 17.7 Å². The van der Waals surface area contributed by atoms with Crippen LogP contribution in [-0.2, 0) is 12.7 Å². The fourth-order valence-corrected chi connectivity index (χ4v) is 2.70. The lowest BCUT2D eigenvalue weighted by Crippen LogP contribution is -2.15. The molecule has 0 amide bonds. The molecule has 108 valence electrons. The van der Waals surface area contributed by atoms with Gasteiger partial charge in [0.2, 0.25) is 0 Å². The summed E-state index contributed by atoms with van der Waals surface area (Å²) in [5.74, 6) is -0.436. The first-order valence-corrected chi connectivity index (χ1v) is 6.77. The molecule has 1 heterocycles. The van der Waals surface area contributed by atoms with Crippen LogP contribution >= 0.6 is 11.3 Å². The Balaban J connectivity index is 2.40. The van der Waals surface area contributed by atoms with Gasteiger partial charge in [0.25, 0.3) is 0 Å². The van der Waals surface area contributed by atoms with Gasteiger partial charge < -0.3 is 5.32 Å². The molecule has 2 nitrogen and oxygen atoms in total. The summed E-state index contributed by atoms with van der Waals surface area (Å²) in [5, 5.41) is 3.10. The monoisotopic (exact) mass is 304 g/mol. The Bertz CT molecular complexity index is 575. The van der Waals surface area contributed by atoms with Gasteiger partial charge in [-0.1, -0.05) is 6.92 Å². The van der Waals surface area contributed by atoms with Crippen LogP contribution in [0.5, 0.6) is 0 Å². The summed E-state index contributed by atoms with van der Waals surface area (Å²) in [4.78, 5) is 3.80. The van der Waals surface area contributed by atoms with Gasteiger partial charge in [-0.2, -0.15) is 13.2 Å². The van der Waals surface area contributed by atoms with Gasteiger partial charge in [-0.05, 0) is 30.8 Å². The quantitative estimate of drug-likeness (QED) is 0.861. The van der Waals surface area contributed by atoms with Crippen LogP contribution in [0.2, 0.25) is 0 Å². The topological polar surface area (TPSA) is 24.9 Å². The number of benzene rings is 1. The Morgan fingerprint density at radius 1 is 1.20 bits per heavy atom. The number of alkyl halides is 3. The van der Waals surface area contributed by atoms with E-state index in [1.807, 2.05) is 6.92 Å². The summed E-state index contributed by atoms with van der Waals surface area (Å²) < 4.78 is 51.6. The van der Waals surface area contributed by atoms with Crippen LogP contribution in [-0.4, -0.2) is 11.5 Å². The number of nitrogens with one attached hydrogen (secondary N) is 1. The van der Waals surface area contributed by atoms with Crippen LogP contribution in [0.3, 0.4) is 0 Å². The van der Waals surface area contributed by atoms with Gasteiger partial charge in [-0.25, -0.2) is 9.37 Å². The number of nitrogens with zero attached hydrogens (tertiary/aromatic N) is 1. The van der Waals surface area contributed by atoms with Gasteiger partial charge in [0.05, 0.1) is 4.88 Å². The number of hydrogen-bond acceptors (Lipinski definition) is 3. The fourth-order valence-electron chi connectivity index (χ4n) is 1.65. The molecule has 0 aliphatic rings. The summed E-state index contributed by atoms with van der Waals surface area (Å²) in [5.41, 5.74) is -0.396. The van der Waals surface area contributed by atoms with Crippen LogP contribution in [0.15, 0.2) is 24.3 Å². The number of rotatable bonds is 4. The standard InChI is InChI=1S/C13H12F4N2S/c1-2-18-7-10-11(13(15,16)17)19-12(20-10)8-3-5-9(14)6-4-8/h3-6,18H,2,7H2,1H3. The SMILES string of the molecule is CCNCc1sc(-c2ccc(F)cc2)nc1C(F)(F)F. The fraction of sp³-hybridized carbons (Fsp3) is 0.308. The first kappa shape index (κ1) is 14.9. The molecule has 0 saturated carbocycles. The predicted molar refractivity (Wildman–Crippen MR) is 69.9 cm³/mol. The van der Waals surface area contributed by atoms with Crippen molar-refractivity contribution in [2.75, 3.05) is 6.54 Å². The molecule has 2 aromatic rings. The van der Waals surface area contributed by atoms with Crippen LogP contribution in [0, 0.1) is 5.82 Å². The number of thiazole rings is 1. The third-order valence-electron chi connectivity index (χ3n) is 2.59. The largest absolute Gasteiger partial charge is 0.434 e. The maximum atomic E-state index is 12.9. The molecular formula is C13H12F4N2S. The van der Waals surface area contributed by atoms with Gasteiger partial charge in [0.15, 0.2) is 5.69 Å². The second-order valence-electron chi connectivity index (χ2n) is 4.08. The van der Waals surface area contributed by atoms with Crippen molar-refractivity contribution in [1.82, 2.24) is 10.3 Å². The average molecular weight is 304 g/mol. The highest BCUT2D eigenvalue weighted by Gasteiger charge is 2.37. The van der Waals surface area contributed by atoms with Crippen molar-refractivity contribution in [1.29, 1.82) is 0 Å². The summed E-state index contributed by atoms with van der Waals surface area (Å²) in [6.45, 7) is 2.50. The summed E-state index contributed by atoms with van der Waals surface area (Å²) in [6, 6.07) is 5.25. The molecule has 0 unspecified atom stereocenters. The highest BCUT2D eigenvalue weighted by molar-refractivity contribution is 7.15. The summed E-state index contributed by atoms with van der Waals surface area (Å²) in [7, 11) is 0. The van der Waals surface area contributed by atoms with E-state index in [0.717, 1.165) is 11.3 Å². The summed E-state index contributed by atoms with van der Waals surface area (Å²) >= 11 is 0.969. The minimum absolute atomic E-state index is 0.115. The number of hydrogen-bond donors (Lipinski definition) is 1. The number of halogens is 4. The van der Waals surface area contributed by atoms with Crippen molar-refractivity contribution in [2.45, 2.75) is 19.6 Å². The van der Waals surface area contributed by atoms with E-state index in [2.05, 4.69) is 10.3 Å². The maximum Gasteiger partial charge on any atom is 0.434 e. The molecule has 20 heavy (non-hydrogen) atoms. The zero-order valence-corrected chi connectivity index (χ0v) is 11.4. The highest BCUT2D eigenvalue weighted by atomic mass is 32.1. The Labute approximate surface area is 117 Å². The lowest BCUT2D eigenvalue weighted by molar-refractivity contribution is -0.141. The first-order valence-electron chi connectivity index (χ1n) is 5.95. The molecular weight excluding hydrogens is 292 g/mol. The van der Waals surface area contributed by atoms with Crippen molar-refractivity contribution in [3.05, 3.63) is 40.7 Å². The normalized spacial score (nSPS) is 11.8. The lowest BCUT2D eigenvalue weighted by atomic mass is 10.2. The van der Waals surface area contributed by atoms with E-state index in [-0.39, 0.29) is 16.4 Å². The Kier molecular flexibility index (Phi) is 4.39. The molecule has 0 atom stereocenters. The molecule has 0 radical (unpaired) electrons. The van der Waals surface area contributed by atoms with Crippen LogP contribution < -0.4 is 5.32 Å². The minimum Gasteiger partial charge on any atom is -0.312 e. The van der Waals surface area contributed by atoms with Gasteiger partial charge in [-0.3, -0.25) is 0 Å². The molecule has 0 spiro atoms. The zero-order chi connectivity index (χ0) is 14.8. The van der Waals surface area contributed by atoms with Crippen molar-refractivity contribution in [2.24, 2.45) is 0 Å². The molecule has 0 fully saturated rings. The van der Waals surface area contributed by atoms with Gasteiger partial charge in [0, 0.05) is 12.1 Å². The van der Waals surface area contributed by atoms with Crippen molar-refractivity contribution in [3.63, 3.8) is 0 Å². The first-order chi connectivity index (χ1) is 9.41. The maximum absolute atomic E-state index is 12.9. The van der Waals surface area contributed by atoms with E-state index >= 15 is 0 Å². The Morgan fingerprint density at radius 3 is 2.40 bits per heavy atom. The molecule has 2 rings (SSSR count). The van der Waals surface area contributed by atoms with Crippen LogP contribution in [0.4, 0.5) is 17.6 Å². The minimum atomic E-state index is -4.49.